The third kappa shape index (κ3) is 5.94. The van der Waals surface area contributed by atoms with Crippen LogP contribution in [0.5, 0.6) is 0 Å². The third-order valence-electron chi connectivity index (χ3n) is 5.87. The van der Waals surface area contributed by atoms with Gasteiger partial charge in [-0.15, -0.1) is 0 Å². The highest BCUT2D eigenvalue weighted by Gasteiger charge is 2.24. The normalized spacial score (nSPS) is 12.9. The lowest BCUT2D eigenvalue weighted by Crippen LogP contribution is -2.35. The van der Waals surface area contributed by atoms with Crippen LogP contribution in [0, 0.1) is 13.8 Å². The van der Waals surface area contributed by atoms with Crippen molar-refractivity contribution in [1.29, 1.82) is 0 Å². The molecular formula is C30H32N2. The Labute approximate surface area is 192 Å². The molecule has 2 nitrogen and oxygen atoms in total. The summed E-state index contributed by atoms with van der Waals surface area (Å²) < 4.78 is 0. The van der Waals surface area contributed by atoms with Gasteiger partial charge in [0.1, 0.15) is 0 Å². The summed E-state index contributed by atoms with van der Waals surface area (Å²) in [6.45, 7) is 5.93. The van der Waals surface area contributed by atoms with Gasteiger partial charge >= 0.3 is 0 Å². The molecule has 2 N–H and O–H groups in total. The highest BCUT2D eigenvalue weighted by Crippen LogP contribution is 2.30. The van der Waals surface area contributed by atoms with Crippen LogP contribution in [0.1, 0.15) is 45.5 Å². The second-order valence-corrected chi connectivity index (χ2v) is 8.52. The molecule has 0 saturated carbocycles. The van der Waals surface area contributed by atoms with Crippen LogP contribution in [0.15, 0.2) is 109 Å². The Hall–Kier alpha value is -3.20. The van der Waals surface area contributed by atoms with Gasteiger partial charge in [-0.1, -0.05) is 120 Å². The maximum atomic E-state index is 3.86. The van der Waals surface area contributed by atoms with Crippen LogP contribution in [0.2, 0.25) is 0 Å². The van der Waals surface area contributed by atoms with Crippen molar-refractivity contribution in [1.82, 2.24) is 10.6 Å². The molecule has 4 aromatic rings. The molecular weight excluding hydrogens is 388 g/mol. The van der Waals surface area contributed by atoms with Crippen LogP contribution in [0.25, 0.3) is 0 Å². The Bertz CT molecular complexity index is 1010. The van der Waals surface area contributed by atoms with Gasteiger partial charge in [-0.2, -0.15) is 0 Å². The summed E-state index contributed by atoms with van der Waals surface area (Å²) >= 11 is 0. The Balaban J connectivity index is 1.63. The molecule has 4 rings (SSSR count). The molecule has 0 aromatic heterocycles. The summed E-state index contributed by atoms with van der Waals surface area (Å²) in [6.07, 6.45) is 0. The number of benzene rings is 4. The molecule has 162 valence electrons. The molecule has 32 heavy (non-hydrogen) atoms. The number of rotatable bonds is 9. The average molecular weight is 421 g/mol. The summed E-state index contributed by atoms with van der Waals surface area (Å²) in [4.78, 5) is 0. The van der Waals surface area contributed by atoms with Crippen LogP contribution < -0.4 is 10.6 Å². The minimum atomic E-state index is 0.129. The van der Waals surface area contributed by atoms with Crippen LogP contribution in [-0.2, 0) is 13.1 Å². The molecule has 4 aromatic carbocycles. The molecule has 0 aliphatic rings. The van der Waals surface area contributed by atoms with Gasteiger partial charge in [0.05, 0.1) is 12.1 Å². The molecule has 2 unspecified atom stereocenters. The zero-order chi connectivity index (χ0) is 22.2. The molecule has 0 fully saturated rings. The zero-order valence-electron chi connectivity index (χ0n) is 19.0. The van der Waals surface area contributed by atoms with Gasteiger partial charge in [0.25, 0.3) is 0 Å². The average Bonchev–Trinajstić information content (AvgIpc) is 2.82. The maximum Gasteiger partial charge on any atom is 0.0521 e. The topological polar surface area (TPSA) is 24.1 Å². The zero-order valence-corrected chi connectivity index (χ0v) is 19.0. The first-order chi connectivity index (χ1) is 15.7. The lowest BCUT2D eigenvalue weighted by atomic mass is 9.92. The van der Waals surface area contributed by atoms with Crippen molar-refractivity contribution in [3.05, 3.63) is 143 Å². The van der Waals surface area contributed by atoms with Gasteiger partial charge in [0, 0.05) is 13.1 Å². The van der Waals surface area contributed by atoms with E-state index in [4.69, 9.17) is 0 Å². The molecule has 0 bridgehead atoms. The largest absolute Gasteiger partial charge is 0.304 e. The van der Waals surface area contributed by atoms with E-state index in [1.807, 2.05) is 0 Å². The van der Waals surface area contributed by atoms with Gasteiger partial charge in [0.15, 0.2) is 0 Å². The van der Waals surface area contributed by atoms with E-state index < -0.39 is 0 Å². The van der Waals surface area contributed by atoms with E-state index in [-0.39, 0.29) is 12.1 Å². The van der Waals surface area contributed by atoms with Crippen molar-refractivity contribution in [3.8, 4) is 0 Å². The second-order valence-electron chi connectivity index (χ2n) is 8.52. The predicted octanol–water partition coefficient (Wildman–Crippen LogP) is 6.67. The van der Waals surface area contributed by atoms with Crippen molar-refractivity contribution in [2.24, 2.45) is 0 Å². The van der Waals surface area contributed by atoms with Crippen molar-refractivity contribution in [2.75, 3.05) is 0 Å². The SMILES string of the molecule is Cc1cccc(CNC(c2ccccc2)C(NCc2cccc(C)c2)c2ccccc2)c1. The summed E-state index contributed by atoms with van der Waals surface area (Å²) in [5, 5.41) is 7.73. The van der Waals surface area contributed by atoms with Gasteiger partial charge in [0.2, 0.25) is 0 Å². The standard InChI is InChI=1S/C30H32N2/c1-23-11-9-13-25(19-23)21-31-29(27-15-5-3-6-16-27)30(28-17-7-4-8-18-28)32-22-26-14-10-12-24(2)20-26/h3-20,29-32H,21-22H2,1-2H3. The minimum Gasteiger partial charge on any atom is -0.304 e. The van der Waals surface area contributed by atoms with E-state index >= 15 is 0 Å². The van der Waals surface area contributed by atoms with Crippen LogP contribution >= 0.6 is 0 Å². The molecule has 0 amide bonds. The molecule has 0 spiro atoms. The number of nitrogens with one attached hydrogen (secondary N) is 2. The smallest absolute Gasteiger partial charge is 0.0521 e. The molecule has 0 radical (unpaired) electrons. The van der Waals surface area contributed by atoms with Crippen LogP contribution in [-0.4, -0.2) is 0 Å². The van der Waals surface area contributed by atoms with Gasteiger partial charge in [-0.25, -0.2) is 0 Å². The van der Waals surface area contributed by atoms with Gasteiger partial charge < -0.3 is 10.6 Å². The molecule has 2 heteroatoms. The fourth-order valence-electron chi connectivity index (χ4n) is 4.28. The molecule has 0 saturated heterocycles. The van der Waals surface area contributed by atoms with Gasteiger partial charge in [-0.05, 0) is 36.1 Å². The summed E-state index contributed by atoms with van der Waals surface area (Å²) in [5.41, 5.74) is 7.75. The van der Waals surface area contributed by atoms with E-state index in [1.165, 1.54) is 33.4 Å². The molecule has 2 atom stereocenters. The molecule has 0 aliphatic carbocycles. The van der Waals surface area contributed by atoms with Crippen LogP contribution in [0.4, 0.5) is 0 Å². The fraction of sp³-hybridized carbons (Fsp3) is 0.200. The summed E-state index contributed by atoms with van der Waals surface area (Å²) in [6, 6.07) is 39.3. The van der Waals surface area contributed by atoms with E-state index in [0.717, 1.165) is 13.1 Å². The maximum absolute atomic E-state index is 3.86. The van der Waals surface area contributed by atoms with Crippen molar-refractivity contribution in [3.63, 3.8) is 0 Å². The monoisotopic (exact) mass is 420 g/mol. The first-order valence-electron chi connectivity index (χ1n) is 11.4. The van der Waals surface area contributed by atoms with E-state index in [0.29, 0.717) is 0 Å². The lowest BCUT2D eigenvalue weighted by molar-refractivity contribution is 0.381. The van der Waals surface area contributed by atoms with E-state index in [2.05, 4.69) is 134 Å². The quantitative estimate of drug-likeness (QED) is 0.316. The first kappa shape index (κ1) is 22.0. The Morgan fingerprint density at radius 2 is 0.906 bits per heavy atom. The fourth-order valence-corrected chi connectivity index (χ4v) is 4.28. The lowest BCUT2D eigenvalue weighted by Gasteiger charge is -2.30. The van der Waals surface area contributed by atoms with Crippen molar-refractivity contribution in [2.45, 2.75) is 39.0 Å². The Morgan fingerprint density at radius 3 is 1.28 bits per heavy atom. The van der Waals surface area contributed by atoms with E-state index in [1.54, 1.807) is 0 Å². The minimum absolute atomic E-state index is 0.129. The number of hydrogen-bond acceptors (Lipinski definition) is 2. The summed E-state index contributed by atoms with van der Waals surface area (Å²) in [5.74, 6) is 0. The summed E-state index contributed by atoms with van der Waals surface area (Å²) in [7, 11) is 0. The number of hydrogen-bond donors (Lipinski definition) is 2. The van der Waals surface area contributed by atoms with Crippen LogP contribution in [0.3, 0.4) is 0 Å². The first-order valence-corrected chi connectivity index (χ1v) is 11.4. The Morgan fingerprint density at radius 1 is 0.500 bits per heavy atom. The van der Waals surface area contributed by atoms with Gasteiger partial charge in [-0.3, -0.25) is 0 Å². The number of aryl methyl sites for hydroxylation is 2. The Kier molecular flexibility index (Phi) is 7.50. The van der Waals surface area contributed by atoms with E-state index in [9.17, 15) is 0 Å². The molecule has 0 aliphatic heterocycles. The highest BCUT2D eigenvalue weighted by molar-refractivity contribution is 5.29. The van der Waals surface area contributed by atoms with Crippen molar-refractivity contribution >= 4 is 0 Å². The third-order valence-corrected chi connectivity index (χ3v) is 5.87. The second kappa shape index (κ2) is 10.9. The van der Waals surface area contributed by atoms with Crippen molar-refractivity contribution < 1.29 is 0 Å². The molecule has 0 heterocycles. The predicted molar refractivity (Wildman–Crippen MR) is 134 cm³/mol. The highest BCUT2D eigenvalue weighted by atomic mass is 15.0.